The summed E-state index contributed by atoms with van der Waals surface area (Å²) < 4.78 is 47.0. The second kappa shape index (κ2) is 11.1. The van der Waals surface area contributed by atoms with E-state index in [2.05, 4.69) is 17.1 Å². The number of hydrogen-bond donors (Lipinski definition) is 1. The Kier molecular flexibility index (Phi) is 8.21. The second-order valence-electron chi connectivity index (χ2n) is 10.2. The number of hydrogen-bond acceptors (Lipinski definition) is 6. The number of nitrogens with zero attached hydrogens (tertiary/aromatic N) is 4. The maximum Gasteiger partial charge on any atom is 0.417 e. The minimum absolute atomic E-state index is 0.0373. The monoisotopic (exact) mass is 559 g/mol. The quantitative estimate of drug-likeness (QED) is 0.492. The van der Waals surface area contributed by atoms with Gasteiger partial charge in [0.25, 0.3) is 5.91 Å². The van der Waals surface area contributed by atoms with Crippen LogP contribution in [0.25, 0.3) is 0 Å². The van der Waals surface area contributed by atoms with Gasteiger partial charge in [-0.3, -0.25) is 14.6 Å². The van der Waals surface area contributed by atoms with Crippen LogP contribution in [0.15, 0.2) is 36.4 Å². The minimum Gasteiger partial charge on any atom is -0.492 e. The number of rotatable bonds is 7. The van der Waals surface area contributed by atoms with Crippen LogP contribution in [0.2, 0.25) is 0 Å². The topological polar surface area (TPSA) is 71.8 Å². The van der Waals surface area contributed by atoms with Crippen molar-refractivity contribution >= 4 is 34.6 Å². The summed E-state index contributed by atoms with van der Waals surface area (Å²) in [6.45, 7) is 11.8. The average molecular weight is 560 g/mol. The maximum absolute atomic E-state index is 13.6. The number of aryl methyl sites for hydroxylation is 1. The molecule has 2 aromatic rings. The lowest BCUT2D eigenvalue weighted by molar-refractivity contribution is -0.137. The van der Waals surface area contributed by atoms with Crippen molar-refractivity contribution in [3.05, 3.63) is 53.1 Å². The van der Waals surface area contributed by atoms with E-state index in [1.807, 2.05) is 25.1 Å². The van der Waals surface area contributed by atoms with Crippen LogP contribution in [0.4, 0.5) is 24.5 Å². The molecule has 7 nitrogen and oxygen atoms in total. The van der Waals surface area contributed by atoms with Gasteiger partial charge in [0, 0.05) is 37.9 Å². The normalized spacial score (nSPS) is 19.9. The molecule has 2 heterocycles. The Morgan fingerprint density at radius 1 is 1.21 bits per heavy atom. The van der Waals surface area contributed by atoms with Crippen molar-refractivity contribution in [3.8, 4) is 11.8 Å². The molecule has 1 atom stereocenters. The van der Waals surface area contributed by atoms with Crippen molar-refractivity contribution in [3.63, 3.8) is 0 Å². The fourth-order valence-electron chi connectivity index (χ4n) is 5.07. The summed E-state index contributed by atoms with van der Waals surface area (Å²) in [6, 6.07) is 10.8. The number of alkyl halides is 3. The molecule has 0 saturated carbocycles. The highest BCUT2D eigenvalue weighted by Crippen LogP contribution is 2.40. The molecule has 1 unspecified atom stereocenters. The van der Waals surface area contributed by atoms with Gasteiger partial charge in [0.05, 0.1) is 22.9 Å². The zero-order valence-corrected chi connectivity index (χ0v) is 23.2. The third-order valence-electron chi connectivity index (χ3n) is 7.31. The van der Waals surface area contributed by atoms with E-state index < -0.39 is 28.7 Å². The van der Waals surface area contributed by atoms with Crippen molar-refractivity contribution in [2.24, 2.45) is 0 Å². The largest absolute Gasteiger partial charge is 0.492 e. The van der Waals surface area contributed by atoms with Crippen LogP contribution in [0.3, 0.4) is 0 Å². The molecule has 2 aliphatic heterocycles. The van der Waals surface area contributed by atoms with Gasteiger partial charge >= 0.3 is 6.18 Å². The zero-order valence-electron chi connectivity index (χ0n) is 22.4. The number of anilines is 2. The number of piperazine rings is 1. The number of carbonyl (C=O) groups excluding carboxylic acids is 1. The predicted molar refractivity (Wildman–Crippen MR) is 148 cm³/mol. The summed E-state index contributed by atoms with van der Waals surface area (Å²) in [5.74, 6) is 0.283. The van der Waals surface area contributed by atoms with Gasteiger partial charge < -0.3 is 15.0 Å². The summed E-state index contributed by atoms with van der Waals surface area (Å²) in [4.78, 5) is 18.6. The molecule has 0 radical (unpaired) electrons. The fraction of sp³-hybridized carbons (Fsp3) is 0.464. The predicted octanol–water partition coefficient (Wildman–Crippen LogP) is 4.73. The van der Waals surface area contributed by atoms with E-state index in [9.17, 15) is 18.0 Å². The van der Waals surface area contributed by atoms with Crippen LogP contribution in [-0.2, 0) is 17.4 Å². The van der Waals surface area contributed by atoms with Gasteiger partial charge in [-0.25, -0.2) is 0 Å². The van der Waals surface area contributed by atoms with Gasteiger partial charge in [-0.2, -0.15) is 18.4 Å². The first-order valence-electron chi connectivity index (χ1n) is 12.9. The lowest BCUT2D eigenvalue weighted by Crippen LogP contribution is -2.50. The molecular weight excluding hydrogens is 527 g/mol. The summed E-state index contributed by atoms with van der Waals surface area (Å²) in [6.07, 6.45) is -4.08. The van der Waals surface area contributed by atoms with Gasteiger partial charge in [-0.15, -0.1) is 0 Å². The Labute approximate surface area is 232 Å². The lowest BCUT2D eigenvalue weighted by atomic mass is 10.0. The molecule has 0 spiro atoms. The molecule has 208 valence electrons. The van der Waals surface area contributed by atoms with E-state index in [4.69, 9.17) is 22.2 Å². The Bertz CT molecular complexity index is 1310. The Balaban J connectivity index is 1.59. The van der Waals surface area contributed by atoms with Crippen molar-refractivity contribution in [2.75, 3.05) is 42.6 Å². The van der Waals surface area contributed by atoms with Crippen molar-refractivity contribution in [1.29, 1.82) is 5.26 Å². The van der Waals surface area contributed by atoms with E-state index in [1.165, 1.54) is 6.07 Å². The molecular formula is C28H32F3N5O2S. The van der Waals surface area contributed by atoms with E-state index in [0.717, 1.165) is 54.5 Å². The average Bonchev–Trinajstić information content (AvgIpc) is 3.07. The number of halogens is 3. The van der Waals surface area contributed by atoms with E-state index in [-0.39, 0.29) is 10.8 Å². The van der Waals surface area contributed by atoms with E-state index in [1.54, 1.807) is 24.8 Å². The standard InChI is InChI=1S/C28H32F3N5O2S/c1-5-19-14-22(8-9-24(19)38-13-12-34-11-10-33-17-18(34)2)36-26(39)35(25(37)27(36,3)4)21-7-6-20(16-32)23(15-21)28(29,30)31/h6-9,14-15,18,33H,5,10-13,17H2,1-4H3. The van der Waals surface area contributed by atoms with Crippen molar-refractivity contribution in [2.45, 2.75) is 51.9 Å². The van der Waals surface area contributed by atoms with Gasteiger partial charge in [0.1, 0.15) is 17.9 Å². The Hall–Kier alpha value is -3.20. The lowest BCUT2D eigenvalue weighted by Gasteiger charge is -2.33. The van der Waals surface area contributed by atoms with Gasteiger partial charge in [-0.05, 0) is 81.4 Å². The number of amides is 1. The van der Waals surface area contributed by atoms with Gasteiger partial charge in [0.2, 0.25) is 0 Å². The first-order valence-corrected chi connectivity index (χ1v) is 13.3. The van der Waals surface area contributed by atoms with Gasteiger partial charge in [0.15, 0.2) is 5.11 Å². The third-order valence-corrected chi connectivity index (χ3v) is 7.68. The highest BCUT2D eigenvalue weighted by Gasteiger charge is 2.50. The first kappa shape index (κ1) is 28.8. The highest BCUT2D eigenvalue weighted by molar-refractivity contribution is 7.81. The van der Waals surface area contributed by atoms with Crippen LogP contribution in [0, 0.1) is 11.3 Å². The number of nitriles is 1. The molecule has 1 N–H and O–H groups in total. The van der Waals surface area contributed by atoms with Gasteiger partial charge in [-0.1, -0.05) is 6.92 Å². The number of ether oxygens (including phenoxy) is 1. The third kappa shape index (κ3) is 5.60. The molecule has 39 heavy (non-hydrogen) atoms. The molecule has 2 saturated heterocycles. The second-order valence-corrected chi connectivity index (χ2v) is 10.6. The van der Waals surface area contributed by atoms with Crippen molar-refractivity contribution < 1.29 is 22.7 Å². The highest BCUT2D eigenvalue weighted by atomic mass is 32.1. The fourth-order valence-corrected chi connectivity index (χ4v) is 5.59. The molecule has 4 rings (SSSR count). The first-order chi connectivity index (χ1) is 18.4. The Morgan fingerprint density at radius 3 is 2.56 bits per heavy atom. The Morgan fingerprint density at radius 2 is 1.92 bits per heavy atom. The molecule has 11 heteroatoms. The number of thiocarbonyl (C=S) groups is 1. The minimum atomic E-state index is -4.75. The molecule has 0 aliphatic carbocycles. The number of nitrogens with one attached hydrogen (secondary N) is 1. The van der Waals surface area contributed by atoms with E-state index >= 15 is 0 Å². The van der Waals surface area contributed by atoms with Crippen LogP contribution >= 0.6 is 12.2 Å². The molecule has 0 bridgehead atoms. The molecule has 1 amide bonds. The number of carbonyl (C=O) groups is 1. The van der Waals surface area contributed by atoms with Crippen LogP contribution in [-0.4, -0.2) is 60.3 Å². The SMILES string of the molecule is CCc1cc(N2C(=S)N(c3ccc(C#N)c(C(F)(F)F)c3)C(=O)C2(C)C)ccc1OCCN1CCNCC1C. The van der Waals surface area contributed by atoms with Crippen molar-refractivity contribution in [1.82, 2.24) is 10.2 Å². The number of benzene rings is 2. The molecule has 2 aliphatic rings. The summed E-state index contributed by atoms with van der Waals surface area (Å²) in [5.41, 5.74) is -1.25. The smallest absolute Gasteiger partial charge is 0.417 e. The molecule has 2 fully saturated rings. The summed E-state index contributed by atoms with van der Waals surface area (Å²) >= 11 is 5.66. The molecule has 2 aromatic carbocycles. The summed E-state index contributed by atoms with van der Waals surface area (Å²) in [5, 5.41) is 12.6. The van der Waals surface area contributed by atoms with Crippen LogP contribution in [0.1, 0.15) is 44.4 Å². The molecule has 0 aromatic heterocycles. The zero-order chi connectivity index (χ0) is 28.5. The summed E-state index contributed by atoms with van der Waals surface area (Å²) in [7, 11) is 0. The van der Waals surface area contributed by atoms with Crippen LogP contribution < -0.4 is 19.9 Å². The maximum atomic E-state index is 13.6. The van der Waals surface area contributed by atoms with E-state index in [0.29, 0.717) is 24.8 Å². The van der Waals surface area contributed by atoms with Crippen LogP contribution in [0.5, 0.6) is 5.75 Å².